The third kappa shape index (κ3) is 6.30. The van der Waals surface area contributed by atoms with Gasteiger partial charge in [0.2, 0.25) is 5.91 Å². The number of carbonyl (C=O) groups excluding carboxylic acids is 1. The van der Waals surface area contributed by atoms with E-state index in [1.807, 2.05) is 13.8 Å². The molecule has 16 heavy (non-hydrogen) atoms. The average molecular weight is 251 g/mol. The Labute approximate surface area is 104 Å². The van der Waals surface area contributed by atoms with Crippen LogP contribution in [-0.4, -0.2) is 38.3 Å². The van der Waals surface area contributed by atoms with Gasteiger partial charge in [-0.3, -0.25) is 4.79 Å². The summed E-state index contributed by atoms with van der Waals surface area (Å²) < 4.78 is 5.39. The van der Waals surface area contributed by atoms with Gasteiger partial charge in [0.15, 0.2) is 0 Å². The first-order valence-corrected chi connectivity index (χ1v) is 5.80. The summed E-state index contributed by atoms with van der Waals surface area (Å²) >= 11 is 0. The molecule has 5 heteroatoms. The molecule has 0 aromatic carbocycles. The fraction of sp³-hybridized carbons (Fsp3) is 0.909. The van der Waals surface area contributed by atoms with Crippen molar-refractivity contribution in [2.24, 2.45) is 5.92 Å². The van der Waals surface area contributed by atoms with Crippen molar-refractivity contribution >= 4 is 18.3 Å². The average Bonchev–Trinajstić information content (AvgIpc) is 2.69. The van der Waals surface area contributed by atoms with Crippen molar-refractivity contribution < 1.29 is 9.53 Å². The number of ether oxygens (including phenoxy) is 1. The largest absolute Gasteiger partial charge is 0.379 e. The molecule has 0 saturated carbocycles. The highest BCUT2D eigenvalue weighted by atomic mass is 35.5. The maximum absolute atomic E-state index is 11.6. The van der Waals surface area contributed by atoms with Crippen LogP contribution in [-0.2, 0) is 9.53 Å². The molecule has 1 atom stereocenters. The summed E-state index contributed by atoms with van der Waals surface area (Å²) in [5, 5.41) is 6.12. The summed E-state index contributed by atoms with van der Waals surface area (Å²) in [5.74, 6) is 0.362. The van der Waals surface area contributed by atoms with Gasteiger partial charge in [-0.1, -0.05) is 0 Å². The van der Waals surface area contributed by atoms with Crippen LogP contribution in [0, 0.1) is 5.92 Å². The van der Waals surface area contributed by atoms with Crippen LogP contribution in [0.3, 0.4) is 0 Å². The van der Waals surface area contributed by atoms with Crippen molar-refractivity contribution in [2.75, 3.05) is 26.2 Å². The van der Waals surface area contributed by atoms with Crippen molar-refractivity contribution in [2.45, 2.75) is 32.8 Å². The Kier molecular flexibility index (Phi) is 8.61. The van der Waals surface area contributed by atoms with Crippen LogP contribution in [0.2, 0.25) is 0 Å². The minimum atomic E-state index is 0. The topological polar surface area (TPSA) is 50.4 Å². The summed E-state index contributed by atoms with van der Waals surface area (Å²) in [6, 6.07) is 0. The lowest BCUT2D eigenvalue weighted by molar-refractivity contribution is -0.124. The highest BCUT2D eigenvalue weighted by Gasteiger charge is 2.21. The summed E-state index contributed by atoms with van der Waals surface area (Å²) in [5.41, 5.74) is 0. The van der Waals surface area contributed by atoms with E-state index in [0.717, 1.165) is 39.1 Å². The van der Waals surface area contributed by atoms with Crippen LogP contribution in [0.4, 0.5) is 0 Å². The Balaban J connectivity index is 0.00000225. The zero-order valence-corrected chi connectivity index (χ0v) is 10.9. The third-order valence-corrected chi connectivity index (χ3v) is 2.50. The predicted octanol–water partition coefficient (Wildman–Crippen LogP) is 0.949. The molecule has 1 aliphatic heterocycles. The molecular formula is C11H23ClN2O2. The molecule has 1 rings (SSSR count). The molecule has 1 heterocycles. The van der Waals surface area contributed by atoms with E-state index < -0.39 is 0 Å². The Morgan fingerprint density at radius 3 is 2.88 bits per heavy atom. The van der Waals surface area contributed by atoms with Gasteiger partial charge in [0.25, 0.3) is 0 Å². The van der Waals surface area contributed by atoms with Gasteiger partial charge in [-0.15, -0.1) is 12.4 Å². The minimum absolute atomic E-state index is 0. The molecule has 1 saturated heterocycles. The first-order chi connectivity index (χ1) is 7.20. The number of hydrogen-bond donors (Lipinski definition) is 2. The predicted molar refractivity (Wildman–Crippen MR) is 66.9 cm³/mol. The van der Waals surface area contributed by atoms with Crippen LogP contribution in [0.1, 0.15) is 26.7 Å². The van der Waals surface area contributed by atoms with E-state index in [0.29, 0.717) is 0 Å². The van der Waals surface area contributed by atoms with Gasteiger partial charge < -0.3 is 15.4 Å². The summed E-state index contributed by atoms with van der Waals surface area (Å²) in [7, 11) is 0. The number of halogens is 1. The van der Waals surface area contributed by atoms with Gasteiger partial charge in [0.1, 0.15) is 0 Å². The molecule has 96 valence electrons. The number of amides is 1. The van der Waals surface area contributed by atoms with Gasteiger partial charge in [0, 0.05) is 19.7 Å². The lowest BCUT2D eigenvalue weighted by Gasteiger charge is -2.10. The van der Waals surface area contributed by atoms with E-state index in [1.54, 1.807) is 0 Å². The lowest BCUT2D eigenvalue weighted by Crippen LogP contribution is -2.33. The number of nitrogens with one attached hydrogen (secondary N) is 2. The van der Waals surface area contributed by atoms with Crippen LogP contribution in [0.25, 0.3) is 0 Å². The molecule has 1 aliphatic rings. The fourth-order valence-electron chi connectivity index (χ4n) is 1.63. The van der Waals surface area contributed by atoms with E-state index >= 15 is 0 Å². The van der Waals surface area contributed by atoms with Crippen LogP contribution in [0.15, 0.2) is 0 Å². The second-order valence-electron chi connectivity index (χ2n) is 4.25. The molecule has 0 aliphatic carbocycles. The number of hydrogen-bond acceptors (Lipinski definition) is 3. The maximum atomic E-state index is 11.6. The van der Waals surface area contributed by atoms with E-state index in [4.69, 9.17) is 4.74 Å². The van der Waals surface area contributed by atoms with Crippen molar-refractivity contribution in [3.63, 3.8) is 0 Å². The third-order valence-electron chi connectivity index (χ3n) is 2.50. The second kappa shape index (κ2) is 8.79. The zero-order chi connectivity index (χ0) is 11.1. The van der Waals surface area contributed by atoms with Gasteiger partial charge in [0.05, 0.1) is 12.0 Å². The Hall–Kier alpha value is -0.320. The molecule has 0 aromatic heterocycles. The molecule has 1 fully saturated rings. The molecule has 0 aromatic rings. The van der Waals surface area contributed by atoms with Gasteiger partial charge in [-0.2, -0.15) is 0 Å². The Bertz CT molecular complexity index is 194. The monoisotopic (exact) mass is 250 g/mol. The normalized spacial score (nSPS) is 19.6. The summed E-state index contributed by atoms with van der Waals surface area (Å²) in [6.07, 6.45) is 2.14. The van der Waals surface area contributed by atoms with E-state index in [-0.39, 0.29) is 30.3 Å². The Morgan fingerprint density at radius 1 is 1.56 bits per heavy atom. The smallest absolute Gasteiger partial charge is 0.224 e. The highest BCUT2D eigenvalue weighted by molar-refractivity contribution is 5.85. The molecule has 4 nitrogen and oxygen atoms in total. The molecule has 0 spiro atoms. The second-order valence-corrected chi connectivity index (χ2v) is 4.25. The summed E-state index contributed by atoms with van der Waals surface area (Å²) in [6.45, 7) is 7.28. The first-order valence-electron chi connectivity index (χ1n) is 5.80. The molecule has 0 radical (unpaired) electrons. The standard InChI is InChI=1S/C11H22N2O2.ClH/c1-9(2)15-7-3-5-13-11(14)10-4-6-12-8-10;/h9-10,12H,3-8H2,1-2H3,(H,13,14);1H. The van der Waals surface area contributed by atoms with Gasteiger partial charge in [-0.05, 0) is 33.2 Å². The number of rotatable bonds is 6. The van der Waals surface area contributed by atoms with E-state index in [1.165, 1.54) is 0 Å². The zero-order valence-electron chi connectivity index (χ0n) is 10.1. The molecule has 2 N–H and O–H groups in total. The van der Waals surface area contributed by atoms with Crippen molar-refractivity contribution in [3.05, 3.63) is 0 Å². The maximum Gasteiger partial charge on any atom is 0.224 e. The molecule has 1 amide bonds. The van der Waals surface area contributed by atoms with E-state index in [9.17, 15) is 4.79 Å². The molecule has 1 unspecified atom stereocenters. The SMILES string of the molecule is CC(C)OCCCNC(=O)C1CCNC1.Cl. The minimum Gasteiger partial charge on any atom is -0.379 e. The fourth-order valence-corrected chi connectivity index (χ4v) is 1.63. The van der Waals surface area contributed by atoms with Crippen molar-refractivity contribution in [1.82, 2.24) is 10.6 Å². The van der Waals surface area contributed by atoms with E-state index in [2.05, 4.69) is 10.6 Å². The number of carbonyl (C=O) groups is 1. The summed E-state index contributed by atoms with van der Waals surface area (Å²) in [4.78, 5) is 11.6. The molecule has 0 bridgehead atoms. The van der Waals surface area contributed by atoms with Crippen LogP contribution < -0.4 is 10.6 Å². The van der Waals surface area contributed by atoms with Crippen molar-refractivity contribution in [1.29, 1.82) is 0 Å². The van der Waals surface area contributed by atoms with Crippen LogP contribution in [0.5, 0.6) is 0 Å². The van der Waals surface area contributed by atoms with Gasteiger partial charge >= 0.3 is 0 Å². The lowest BCUT2D eigenvalue weighted by atomic mass is 10.1. The first kappa shape index (κ1) is 15.7. The quantitative estimate of drug-likeness (QED) is 0.691. The highest BCUT2D eigenvalue weighted by Crippen LogP contribution is 2.06. The van der Waals surface area contributed by atoms with Crippen molar-refractivity contribution in [3.8, 4) is 0 Å². The van der Waals surface area contributed by atoms with Gasteiger partial charge in [-0.25, -0.2) is 0 Å². The van der Waals surface area contributed by atoms with Crippen LogP contribution >= 0.6 is 12.4 Å². The Morgan fingerprint density at radius 2 is 2.31 bits per heavy atom. The molecular weight excluding hydrogens is 228 g/mol.